The molecule has 2 bridgehead atoms. The summed E-state index contributed by atoms with van der Waals surface area (Å²) in [5.41, 5.74) is 2.21. The number of amides is 3. The summed E-state index contributed by atoms with van der Waals surface area (Å²) in [5.74, 6) is -0.506. The van der Waals surface area contributed by atoms with E-state index in [-0.39, 0.29) is 26.7 Å². The fourth-order valence-corrected chi connectivity index (χ4v) is 6.55. The Bertz CT molecular complexity index is 1890. The third-order valence-electron chi connectivity index (χ3n) is 9.16. The van der Waals surface area contributed by atoms with Crippen LogP contribution in [0.4, 0.5) is 19.0 Å². The number of rotatable bonds is 9. The number of likely N-dealkylation sites (N-methyl/N-ethyl adjacent to an activating group) is 1. The van der Waals surface area contributed by atoms with Crippen LogP contribution in [0.5, 0.6) is 0 Å². The molecule has 1 aromatic heterocycles. The van der Waals surface area contributed by atoms with Crippen molar-refractivity contribution >= 4 is 23.5 Å². The normalized spacial score (nSPS) is 19.6. The van der Waals surface area contributed by atoms with E-state index in [1.165, 1.54) is 17.0 Å². The number of alkyl halides is 3. The van der Waals surface area contributed by atoms with Crippen molar-refractivity contribution < 1.29 is 35.1 Å². The summed E-state index contributed by atoms with van der Waals surface area (Å²) in [7, 11) is 0. The van der Waals surface area contributed by atoms with E-state index in [4.69, 9.17) is 4.74 Å². The molecular formula is C38H43F3N6O4. The molecule has 10 nitrogen and oxygen atoms in total. The number of carbonyl (C=O) groups is 3. The van der Waals surface area contributed by atoms with Crippen molar-refractivity contribution in [3.63, 3.8) is 0 Å². The van der Waals surface area contributed by atoms with E-state index in [0.29, 0.717) is 43.2 Å². The first-order chi connectivity index (χ1) is 24.5. The Morgan fingerprint density at radius 3 is 2.41 bits per heavy atom. The van der Waals surface area contributed by atoms with Crippen molar-refractivity contribution in [3.8, 4) is 5.69 Å². The highest BCUT2D eigenvalue weighted by Gasteiger charge is 2.39. The van der Waals surface area contributed by atoms with Crippen molar-refractivity contribution in [2.24, 2.45) is 0 Å². The maximum Gasteiger partial charge on any atom is 0.416 e. The molecule has 4 heterocycles. The predicted molar refractivity (Wildman–Crippen MR) is 189 cm³/mol. The van der Waals surface area contributed by atoms with Crippen LogP contribution in [0.3, 0.4) is 0 Å². The van der Waals surface area contributed by atoms with Gasteiger partial charge in [0.1, 0.15) is 11.9 Å². The summed E-state index contributed by atoms with van der Waals surface area (Å²) in [5, 5.41) is 9.90. The molecule has 3 aliphatic heterocycles. The Morgan fingerprint density at radius 1 is 1.04 bits per heavy atom. The molecule has 7 rings (SSSR count). The minimum absolute atomic E-state index is 0. The number of para-hydroxylation sites is 1. The number of nitrogens with one attached hydrogen (secondary N) is 2. The maximum atomic E-state index is 13.1. The van der Waals surface area contributed by atoms with Crippen molar-refractivity contribution in [1.82, 2.24) is 25.3 Å². The van der Waals surface area contributed by atoms with Crippen LogP contribution in [-0.2, 0) is 33.5 Å². The number of likely N-dealkylation sites (tertiary alicyclic amines) is 1. The molecule has 3 aliphatic rings. The quantitative estimate of drug-likeness (QED) is 0.226. The zero-order valence-electron chi connectivity index (χ0n) is 28.1. The summed E-state index contributed by atoms with van der Waals surface area (Å²) < 4.78 is 46.1. The molecule has 0 aliphatic carbocycles. The smallest absolute Gasteiger partial charge is 0.375 e. The van der Waals surface area contributed by atoms with Gasteiger partial charge in [-0.1, -0.05) is 61.2 Å². The summed E-state index contributed by atoms with van der Waals surface area (Å²) >= 11 is 0. The van der Waals surface area contributed by atoms with Gasteiger partial charge in [0.15, 0.2) is 0 Å². The van der Waals surface area contributed by atoms with Gasteiger partial charge in [-0.15, -0.1) is 0 Å². The first-order valence-corrected chi connectivity index (χ1v) is 16.8. The average Bonchev–Trinajstić information content (AvgIpc) is 3.88. The first kappa shape index (κ1) is 35.6. The number of hydrogen-bond acceptors (Lipinski definition) is 6. The molecule has 3 amide bonds. The zero-order chi connectivity index (χ0) is 36.1. The van der Waals surface area contributed by atoms with E-state index in [1.54, 1.807) is 17.8 Å². The van der Waals surface area contributed by atoms with Crippen LogP contribution >= 0.6 is 0 Å². The number of aromatic nitrogens is 2. The molecule has 0 spiro atoms. The number of morpholine rings is 1. The van der Waals surface area contributed by atoms with Gasteiger partial charge in [-0.2, -0.15) is 18.3 Å². The minimum Gasteiger partial charge on any atom is -0.375 e. The van der Waals surface area contributed by atoms with Gasteiger partial charge in [-0.3, -0.25) is 24.2 Å². The second-order valence-electron chi connectivity index (χ2n) is 12.7. The first-order valence-electron chi connectivity index (χ1n) is 16.8. The lowest BCUT2D eigenvalue weighted by Crippen LogP contribution is -2.53. The van der Waals surface area contributed by atoms with Gasteiger partial charge < -0.3 is 15.4 Å². The van der Waals surface area contributed by atoms with Crippen molar-refractivity contribution in [3.05, 3.63) is 126 Å². The highest BCUT2D eigenvalue weighted by molar-refractivity contribution is 6.04. The number of nitrogens with zero attached hydrogens (tertiary/aromatic N) is 4. The summed E-state index contributed by atoms with van der Waals surface area (Å²) in [6.45, 7) is 8.99. The molecule has 13 heteroatoms. The lowest BCUT2D eigenvalue weighted by atomic mass is 10.0. The Balaban J connectivity index is 0.000000248. The molecule has 4 aromatic rings. The van der Waals surface area contributed by atoms with Crippen LogP contribution in [0.15, 0.2) is 103 Å². The molecule has 2 fully saturated rings. The third kappa shape index (κ3) is 8.21. The van der Waals surface area contributed by atoms with Crippen LogP contribution in [0, 0.1) is 0 Å². The third-order valence-corrected chi connectivity index (χ3v) is 9.16. The van der Waals surface area contributed by atoms with Crippen LogP contribution in [0.2, 0.25) is 0 Å². The monoisotopic (exact) mass is 704 g/mol. The van der Waals surface area contributed by atoms with Gasteiger partial charge in [0.05, 0.1) is 30.2 Å². The molecule has 2 unspecified atom stereocenters. The van der Waals surface area contributed by atoms with Gasteiger partial charge in [0.2, 0.25) is 5.91 Å². The molecule has 3 aromatic carbocycles. The van der Waals surface area contributed by atoms with Crippen molar-refractivity contribution in [1.29, 1.82) is 0 Å². The largest absolute Gasteiger partial charge is 0.416 e. The second-order valence-corrected chi connectivity index (χ2v) is 12.7. The Labute approximate surface area is 296 Å². The molecule has 3 atom stereocenters. The second kappa shape index (κ2) is 15.3. The lowest BCUT2D eigenvalue weighted by Gasteiger charge is -2.32. The summed E-state index contributed by atoms with van der Waals surface area (Å²) in [6, 6.07) is 22.9. The lowest BCUT2D eigenvalue weighted by molar-refractivity contribution is -0.137. The number of carbonyl (C=O) groups excluding carboxylic acids is 3. The summed E-state index contributed by atoms with van der Waals surface area (Å²) in [4.78, 5) is 41.6. The Morgan fingerprint density at radius 2 is 1.76 bits per heavy atom. The number of hydrogen-bond donors (Lipinski definition) is 2. The number of fused-ring (bicyclic) bond motifs is 3. The van der Waals surface area contributed by atoms with E-state index in [9.17, 15) is 27.6 Å². The fourth-order valence-electron chi connectivity index (χ4n) is 6.55. The average molecular weight is 705 g/mol. The van der Waals surface area contributed by atoms with Crippen LogP contribution in [0.1, 0.15) is 43.2 Å². The number of ether oxygens (including phenoxy) is 1. The van der Waals surface area contributed by atoms with E-state index in [0.717, 1.165) is 48.5 Å². The van der Waals surface area contributed by atoms with Crippen LogP contribution in [0.25, 0.3) is 5.69 Å². The van der Waals surface area contributed by atoms with Gasteiger partial charge >= 0.3 is 6.18 Å². The standard InChI is InChI=1S/C22H19F3N4O2.C16H20N2O2.2H2/c1-2-28-20-15(13-26-29(20)17-9-4-3-5-10-17)12-18(21(28)31)27-19(30)14-7-6-8-16(11-14)22(23,24)25;1-12(9-18-10-15-7-14(18)11-20-15)16(19)17-8-13-5-3-2-4-6-13;;/h3-11,13,18H,2,12H2,1H3,(H,27,30);2-6,14-15H,1,7-11H2,(H,17,19);2*1H/t18-;;;/m0.../s1. The van der Waals surface area contributed by atoms with Gasteiger partial charge in [0.25, 0.3) is 11.8 Å². The molecule has 270 valence electrons. The molecule has 2 saturated heterocycles. The molecule has 51 heavy (non-hydrogen) atoms. The Kier molecular flexibility index (Phi) is 10.7. The van der Waals surface area contributed by atoms with E-state index >= 15 is 0 Å². The highest BCUT2D eigenvalue weighted by Crippen LogP contribution is 2.32. The van der Waals surface area contributed by atoms with Crippen molar-refractivity contribution in [2.75, 3.05) is 31.1 Å². The zero-order valence-corrected chi connectivity index (χ0v) is 28.1. The van der Waals surface area contributed by atoms with Crippen LogP contribution in [-0.4, -0.2) is 76.8 Å². The van der Waals surface area contributed by atoms with Gasteiger partial charge in [-0.25, -0.2) is 4.68 Å². The predicted octanol–water partition coefficient (Wildman–Crippen LogP) is 5.42. The molecule has 0 radical (unpaired) electrons. The highest BCUT2D eigenvalue weighted by atomic mass is 19.4. The number of benzene rings is 3. The van der Waals surface area contributed by atoms with Crippen molar-refractivity contribution in [2.45, 2.75) is 50.7 Å². The SMILES string of the molecule is C=C(CN1CC2CC1CO2)C(=O)NCc1ccccc1.CCN1C(=O)[C@@H](NC(=O)c2cccc(C(F)(F)F)c2)Cc2cnn(-c3ccccc3)c21.[HH].[HH]. The van der Waals surface area contributed by atoms with E-state index in [2.05, 4.69) is 27.2 Å². The van der Waals surface area contributed by atoms with E-state index in [1.807, 2.05) is 60.7 Å². The number of anilines is 1. The van der Waals surface area contributed by atoms with E-state index < -0.39 is 23.7 Å². The Hall–Kier alpha value is -5.27. The summed E-state index contributed by atoms with van der Waals surface area (Å²) in [6.07, 6.45) is -1.26. The van der Waals surface area contributed by atoms with Gasteiger partial charge in [-0.05, 0) is 49.2 Å². The number of halogens is 3. The fraction of sp³-hybridized carbons (Fsp3) is 0.316. The van der Waals surface area contributed by atoms with Gasteiger partial charge in [0, 0.05) is 58.2 Å². The molecule has 0 saturated carbocycles. The topological polar surface area (TPSA) is 109 Å². The maximum absolute atomic E-state index is 13.1. The van der Waals surface area contributed by atoms with Crippen LogP contribution < -0.4 is 15.5 Å². The molecular weight excluding hydrogens is 661 g/mol. The minimum atomic E-state index is -4.56. The molecule has 2 N–H and O–H groups in total.